The fraction of sp³-hybridized carbons (Fsp3) is 0.316. The van der Waals surface area contributed by atoms with Gasteiger partial charge in [-0.3, -0.25) is 4.79 Å². The highest BCUT2D eigenvalue weighted by Crippen LogP contribution is 2.29. The van der Waals surface area contributed by atoms with Crippen molar-refractivity contribution in [3.8, 4) is 11.5 Å². The Morgan fingerprint density at radius 3 is 2.71 bits per heavy atom. The maximum Gasteiger partial charge on any atom is 0.255 e. The Labute approximate surface area is 147 Å². The number of halogens is 1. The summed E-state index contributed by atoms with van der Waals surface area (Å²) in [5.41, 5.74) is 2.02. The lowest BCUT2D eigenvalue weighted by molar-refractivity contribution is 0.102. The smallest absolute Gasteiger partial charge is 0.255 e. The van der Waals surface area contributed by atoms with E-state index in [1.54, 1.807) is 37.4 Å². The van der Waals surface area contributed by atoms with Crippen molar-refractivity contribution in [2.75, 3.05) is 19.0 Å². The van der Waals surface area contributed by atoms with Crippen LogP contribution in [-0.2, 0) is 0 Å². The minimum Gasteiger partial charge on any atom is -0.493 e. The molecule has 0 spiro atoms. The Hall–Kier alpha value is -2.20. The molecule has 0 bridgehead atoms. The van der Waals surface area contributed by atoms with Gasteiger partial charge in [-0.1, -0.05) is 31.0 Å². The molecule has 2 rings (SSSR count). The number of unbranched alkanes of at least 4 members (excludes halogenated alkanes) is 1. The molecule has 128 valence electrons. The Bertz CT molecular complexity index is 716. The number of hydrogen-bond acceptors (Lipinski definition) is 3. The number of nitrogens with one attached hydrogen (secondary N) is 1. The van der Waals surface area contributed by atoms with Crippen molar-refractivity contribution in [3.63, 3.8) is 0 Å². The average molecular weight is 348 g/mol. The molecule has 0 saturated heterocycles. The van der Waals surface area contributed by atoms with E-state index >= 15 is 0 Å². The maximum absolute atomic E-state index is 12.5. The van der Waals surface area contributed by atoms with Crippen LogP contribution in [-0.4, -0.2) is 19.6 Å². The van der Waals surface area contributed by atoms with Gasteiger partial charge in [-0.25, -0.2) is 0 Å². The Balaban J connectivity index is 2.16. The van der Waals surface area contributed by atoms with E-state index in [9.17, 15) is 4.79 Å². The molecule has 0 fully saturated rings. The number of benzene rings is 2. The minimum atomic E-state index is -0.223. The van der Waals surface area contributed by atoms with Crippen LogP contribution in [0.3, 0.4) is 0 Å². The number of methoxy groups -OCH3 is 1. The molecule has 0 aromatic heterocycles. The van der Waals surface area contributed by atoms with E-state index in [1.807, 2.05) is 13.0 Å². The van der Waals surface area contributed by atoms with Crippen LogP contribution in [0, 0.1) is 6.92 Å². The molecule has 2 aromatic rings. The van der Waals surface area contributed by atoms with Crippen LogP contribution in [0.5, 0.6) is 11.5 Å². The van der Waals surface area contributed by atoms with Gasteiger partial charge in [0.2, 0.25) is 0 Å². The number of rotatable bonds is 7. The van der Waals surface area contributed by atoms with Crippen molar-refractivity contribution in [2.24, 2.45) is 0 Å². The zero-order valence-electron chi connectivity index (χ0n) is 14.2. The normalized spacial score (nSPS) is 10.3. The second-order valence-corrected chi connectivity index (χ2v) is 5.84. The first-order valence-corrected chi connectivity index (χ1v) is 8.32. The van der Waals surface area contributed by atoms with Gasteiger partial charge in [-0.15, -0.1) is 0 Å². The summed E-state index contributed by atoms with van der Waals surface area (Å²) in [4.78, 5) is 12.5. The molecule has 0 radical (unpaired) electrons. The van der Waals surface area contributed by atoms with Crippen molar-refractivity contribution in [3.05, 3.63) is 52.5 Å². The average Bonchev–Trinajstić information content (AvgIpc) is 2.59. The number of amides is 1. The van der Waals surface area contributed by atoms with Crippen molar-refractivity contribution >= 4 is 23.2 Å². The van der Waals surface area contributed by atoms with Crippen LogP contribution in [0.25, 0.3) is 0 Å². The number of ether oxygens (including phenoxy) is 2. The molecule has 0 aliphatic rings. The number of anilines is 1. The van der Waals surface area contributed by atoms with Gasteiger partial charge in [-0.05, 0) is 49.2 Å². The van der Waals surface area contributed by atoms with E-state index in [-0.39, 0.29) is 5.91 Å². The summed E-state index contributed by atoms with van der Waals surface area (Å²) in [7, 11) is 1.56. The lowest BCUT2D eigenvalue weighted by Crippen LogP contribution is -2.13. The summed E-state index contributed by atoms with van der Waals surface area (Å²) in [6, 6.07) is 10.6. The van der Waals surface area contributed by atoms with Gasteiger partial charge < -0.3 is 14.8 Å². The van der Waals surface area contributed by atoms with Gasteiger partial charge in [0.25, 0.3) is 5.91 Å². The summed E-state index contributed by atoms with van der Waals surface area (Å²) >= 11 is 6.08. The molecule has 0 unspecified atom stereocenters. The standard InChI is InChI=1S/C19H22ClNO3/c1-4-5-11-24-17-10-9-14(12-18(17)23-3)19(22)21-16-8-6-7-15(20)13(16)2/h6-10,12H,4-5,11H2,1-3H3,(H,21,22). The number of hydrogen-bond donors (Lipinski definition) is 1. The van der Waals surface area contributed by atoms with Gasteiger partial charge in [0.05, 0.1) is 13.7 Å². The molecular formula is C19H22ClNO3. The molecule has 0 aliphatic heterocycles. The topological polar surface area (TPSA) is 47.6 Å². The van der Waals surface area contributed by atoms with Gasteiger partial charge >= 0.3 is 0 Å². The van der Waals surface area contributed by atoms with Crippen LogP contribution in [0.1, 0.15) is 35.7 Å². The van der Waals surface area contributed by atoms with E-state index < -0.39 is 0 Å². The maximum atomic E-state index is 12.5. The highest BCUT2D eigenvalue weighted by atomic mass is 35.5. The van der Waals surface area contributed by atoms with Crippen LogP contribution in [0.2, 0.25) is 5.02 Å². The Morgan fingerprint density at radius 1 is 1.21 bits per heavy atom. The molecule has 1 N–H and O–H groups in total. The largest absolute Gasteiger partial charge is 0.493 e. The zero-order valence-corrected chi connectivity index (χ0v) is 14.9. The lowest BCUT2D eigenvalue weighted by atomic mass is 10.1. The highest BCUT2D eigenvalue weighted by Gasteiger charge is 2.13. The molecule has 0 atom stereocenters. The molecule has 0 saturated carbocycles. The molecule has 0 heterocycles. The predicted octanol–water partition coefficient (Wildman–Crippen LogP) is 5.09. The highest BCUT2D eigenvalue weighted by molar-refractivity contribution is 6.31. The summed E-state index contributed by atoms with van der Waals surface area (Å²) in [5, 5.41) is 3.49. The van der Waals surface area contributed by atoms with Gasteiger partial charge in [0.15, 0.2) is 11.5 Å². The van der Waals surface area contributed by atoms with Gasteiger partial charge in [0.1, 0.15) is 0 Å². The monoisotopic (exact) mass is 347 g/mol. The van der Waals surface area contributed by atoms with Crippen LogP contribution >= 0.6 is 11.6 Å². The Morgan fingerprint density at radius 2 is 2.00 bits per heavy atom. The molecular weight excluding hydrogens is 326 g/mol. The van der Waals surface area contributed by atoms with Crippen LogP contribution in [0.4, 0.5) is 5.69 Å². The van der Waals surface area contributed by atoms with E-state index in [2.05, 4.69) is 12.2 Å². The quantitative estimate of drug-likeness (QED) is 0.710. The summed E-state index contributed by atoms with van der Waals surface area (Å²) in [6.07, 6.45) is 2.03. The Kier molecular flexibility index (Phi) is 6.50. The summed E-state index contributed by atoms with van der Waals surface area (Å²) in [6.45, 7) is 4.59. The SMILES string of the molecule is CCCCOc1ccc(C(=O)Nc2cccc(Cl)c2C)cc1OC. The fourth-order valence-electron chi connectivity index (χ4n) is 2.19. The molecule has 2 aromatic carbocycles. The van der Waals surface area contributed by atoms with E-state index in [4.69, 9.17) is 21.1 Å². The molecule has 0 aliphatic carbocycles. The predicted molar refractivity (Wildman–Crippen MR) is 97.5 cm³/mol. The third kappa shape index (κ3) is 4.42. The van der Waals surface area contributed by atoms with Crippen LogP contribution < -0.4 is 14.8 Å². The fourth-order valence-corrected chi connectivity index (χ4v) is 2.37. The lowest BCUT2D eigenvalue weighted by Gasteiger charge is -2.13. The zero-order chi connectivity index (χ0) is 17.5. The third-order valence-electron chi connectivity index (χ3n) is 3.70. The van der Waals surface area contributed by atoms with Crippen LogP contribution in [0.15, 0.2) is 36.4 Å². The number of carbonyl (C=O) groups excluding carboxylic acids is 1. The molecule has 1 amide bonds. The summed E-state index contributed by atoms with van der Waals surface area (Å²) in [5.74, 6) is 0.960. The first-order valence-electron chi connectivity index (χ1n) is 7.94. The van der Waals surface area contributed by atoms with E-state index in [0.29, 0.717) is 34.4 Å². The van der Waals surface area contributed by atoms with Gasteiger partial charge in [0, 0.05) is 16.3 Å². The number of carbonyl (C=O) groups is 1. The molecule has 4 nitrogen and oxygen atoms in total. The second-order valence-electron chi connectivity index (χ2n) is 5.43. The van der Waals surface area contributed by atoms with Crippen molar-refractivity contribution in [1.29, 1.82) is 0 Å². The van der Waals surface area contributed by atoms with Crippen molar-refractivity contribution in [1.82, 2.24) is 0 Å². The molecule has 5 heteroatoms. The van der Waals surface area contributed by atoms with E-state index in [0.717, 1.165) is 18.4 Å². The van der Waals surface area contributed by atoms with Gasteiger partial charge in [-0.2, -0.15) is 0 Å². The minimum absolute atomic E-state index is 0.223. The second kappa shape index (κ2) is 8.60. The van der Waals surface area contributed by atoms with Crippen molar-refractivity contribution < 1.29 is 14.3 Å². The van der Waals surface area contributed by atoms with Crippen molar-refractivity contribution in [2.45, 2.75) is 26.7 Å². The molecule has 24 heavy (non-hydrogen) atoms. The van der Waals surface area contributed by atoms with E-state index in [1.165, 1.54) is 0 Å². The third-order valence-corrected chi connectivity index (χ3v) is 4.11. The summed E-state index contributed by atoms with van der Waals surface area (Å²) < 4.78 is 11.0. The first kappa shape index (κ1) is 18.1. The first-order chi connectivity index (χ1) is 11.6.